The average Bonchev–Trinajstić information content (AvgIpc) is 2.86. The predicted octanol–water partition coefficient (Wildman–Crippen LogP) is 0.467. The fourth-order valence-electron chi connectivity index (χ4n) is 2.39. The maximum absolute atomic E-state index is 12.2. The zero-order chi connectivity index (χ0) is 17.0. The molecule has 0 radical (unpaired) electrons. The number of aromatic amines is 1. The lowest BCUT2D eigenvalue weighted by molar-refractivity contribution is -0.118. The van der Waals surface area contributed by atoms with E-state index in [4.69, 9.17) is 0 Å². The largest absolute Gasteiger partial charge is 0.329 e. The first kappa shape index (κ1) is 16.8. The first-order valence-electron chi connectivity index (χ1n) is 7.67. The minimum Gasteiger partial charge on any atom is -0.303 e. The number of aromatic nitrogens is 4. The van der Waals surface area contributed by atoms with Crippen LogP contribution >= 0.6 is 0 Å². The van der Waals surface area contributed by atoms with Gasteiger partial charge in [0, 0.05) is 20.5 Å². The monoisotopic (exact) mass is 322 g/mol. The molecule has 2 heterocycles. The third-order valence-corrected chi connectivity index (χ3v) is 3.59. The summed E-state index contributed by atoms with van der Waals surface area (Å²) in [5, 5.41) is 0. The van der Waals surface area contributed by atoms with E-state index in [1.165, 1.54) is 18.5 Å². The van der Waals surface area contributed by atoms with Crippen LogP contribution < -0.4 is 22.1 Å². The smallest absolute Gasteiger partial charge is 0.303 e. The molecule has 0 saturated carbocycles. The van der Waals surface area contributed by atoms with Crippen molar-refractivity contribution in [1.82, 2.24) is 24.5 Å². The van der Waals surface area contributed by atoms with Gasteiger partial charge in [0.1, 0.15) is 0 Å². The number of imidazole rings is 1. The Balaban J connectivity index is 2.47. The Bertz CT molecular complexity index is 816. The van der Waals surface area contributed by atoms with E-state index < -0.39 is 11.2 Å². The van der Waals surface area contributed by atoms with Gasteiger partial charge in [-0.3, -0.25) is 30.0 Å². The Hall–Kier alpha value is -2.58. The van der Waals surface area contributed by atoms with Gasteiger partial charge < -0.3 is 4.57 Å². The van der Waals surface area contributed by atoms with E-state index in [2.05, 4.69) is 27.7 Å². The van der Waals surface area contributed by atoms with Crippen LogP contribution in [0.2, 0.25) is 0 Å². The first-order valence-corrected chi connectivity index (χ1v) is 7.67. The van der Waals surface area contributed by atoms with Crippen molar-refractivity contribution in [2.75, 3.05) is 5.43 Å². The summed E-state index contributed by atoms with van der Waals surface area (Å²) in [6, 6.07) is 0. The van der Waals surface area contributed by atoms with E-state index in [1.54, 1.807) is 4.57 Å². The molecule has 0 unspecified atom stereocenters. The normalized spacial score (nSPS) is 10.9. The van der Waals surface area contributed by atoms with Crippen LogP contribution in [0, 0.1) is 0 Å². The number of hydrazine groups is 1. The molecule has 2 aromatic rings. The van der Waals surface area contributed by atoms with Crippen molar-refractivity contribution in [1.29, 1.82) is 0 Å². The Morgan fingerprint density at radius 2 is 2.00 bits per heavy atom. The zero-order valence-corrected chi connectivity index (χ0v) is 13.6. The number of anilines is 1. The molecule has 0 spiro atoms. The van der Waals surface area contributed by atoms with E-state index in [0.29, 0.717) is 18.0 Å². The molecular formula is C14H22N6O3. The summed E-state index contributed by atoms with van der Waals surface area (Å²) in [5.74, 6) is 0.0517. The van der Waals surface area contributed by atoms with E-state index in [9.17, 15) is 14.4 Å². The SMILES string of the molecule is CCCCCCn1c(NNC(C)=O)nc2c1c(=O)[nH]c(=O)n2C. The second-order valence-corrected chi connectivity index (χ2v) is 5.44. The number of nitrogens with zero attached hydrogens (tertiary/aromatic N) is 3. The topological polar surface area (TPSA) is 114 Å². The van der Waals surface area contributed by atoms with Crippen LogP contribution in [0.25, 0.3) is 11.2 Å². The van der Waals surface area contributed by atoms with Crippen LogP contribution in [0.3, 0.4) is 0 Å². The molecular weight excluding hydrogens is 300 g/mol. The predicted molar refractivity (Wildman–Crippen MR) is 87.2 cm³/mol. The highest BCUT2D eigenvalue weighted by Crippen LogP contribution is 2.16. The van der Waals surface area contributed by atoms with Crippen molar-refractivity contribution in [3.63, 3.8) is 0 Å². The molecule has 0 bridgehead atoms. The molecule has 0 aliphatic heterocycles. The number of amides is 1. The number of carbonyl (C=O) groups is 1. The van der Waals surface area contributed by atoms with E-state index >= 15 is 0 Å². The van der Waals surface area contributed by atoms with Gasteiger partial charge in [-0.15, -0.1) is 0 Å². The second-order valence-electron chi connectivity index (χ2n) is 5.44. The number of unbranched alkanes of at least 4 members (excludes halogenated alkanes) is 3. The Morgan fingerprint density at radius 1 is 1.26 bits per heavy atom. The number of aryl methyl sites for hydroxylation is 2. The maximum Gasteiger partial charge on any atom is 0.329 e. The van der Waals surface area contributed by atoms with Gasteiger partial charge in [-0.25, -0.2) is 4.79 Å². The van der Waals surface area contributed by atoms with Gasteiger partial charge in [-0.2, -0.15) is 4.98 Å². The van der Waals surface area contributed by atoms with E-state index in [0.717, 1.165) is 25.7 Å². The Kier molecular flexibility index (Phi) is 5.20. The number of H-pyrrole nitrogens is 1. The summed E-state index contributed by atoms with van der Waals surface area (Å²) in [5.41, 5.74) is 4.74. The van der Waals surface area contributed by atoms with Crippen molar-refractivity contribution in [2.45, 2.75) is 46.1 Å². The first-order chi connectivity index (χ1) is 11.0. The van der Waals surface area contributed by atoms with E-state index in [-0.39, 0.29) is 11.6 Å². The van der Waals surface area contributed by atoms with Gasteiger partial charge in [0.25, 0.3) is 5.56 Å². The van der Waals surface area contributed by atoms with Crippen LogP contribution in [-0.4, -0.2) is 25.0 Å². The molecule has 0 aromatic carbocycles. The van der Waals surface area contributed by atoms with Crippen molar-refractivity contribution in [3.8, 4) is 0 Å². The van der Waals surface area contributed by atoms with E-state index in [1.807, 2.05) is 0 Å². The molecule has 2 rings (SSSR count). The minimum absolute atomic E-state index is 0.280. The summed E-state index contributed by atoms with van der Waals surface area (Å²) in [7, 11) is 1.54. The van der Waals surface area contributed by atoms with Crippen LogP contribution in [-0.2, 0) is 18.4 Å². The molecule has 126 valence electrons. The van der Waals surface area contributed by atoms with Gasteiger partial charge >= 0.3 is 5.69 Å². The Morgan fingerprint density at radius 3 is 2.65 bits per heavy atom. The maximum atomic E-state index is 12.2. The molecule has 3 N–H and O–H groups in total. The van der Waals surface area contributed by atoms with Crippen molar-refractivity contribution in [2.24, 2.45) is 7.05 Å². The highest BCUT2D eigenvalue weighted by Gasteiger charge is 2.17. The fourth-order valence-corrected chi connectivity index (χ4v) is 2.39. The lowest BCUT2D eigenvalue weighted by Gasteiger charge is -2.10. The Labute approximate surface area is 132 Å². The van der Waals surface area contributed by atoms with Crippen molar-refractivity contribution < 1.29 is 4.79 Å². The van der Waals surface area contributed by atoms with Crippen molar-refractivity contribution in [3.05, 3.63) is 20.8 Å². The average molecular weight is 322 g/mol. The van der Waals surface area contributed by atoms with Gasteiger partial charge in [-0.05, 0) is 6.42 Å². The molecule has 0 aliphatic carbocycles. The molecule has 0 aliphatic rings. The van der Waals surface area contributed by atoms with Gasteiger partial charge in [0.05, 0.1) is 0 Å². The lowest BCUT2D eigenvalue weighted by Crippen LogP contribution is -2.30. The van der Waals surface area contributed by atoms with Crippen LogP contribution in [0.1, 0.15) is 39.5 Å². The highest BCUT2D eigenvalue weighted by atomic mass is 16.2. The van der Waals surface area contributed by atoms with Crippen LogP contribution in [0.4, 0.5) is 5.95 Å². The molecule has 23 heavy (non-hydrogen) atoms. The number of nitrogens with one attached hydrogen (secondary N) is 3. The number of rotatable bonds is 7. The van der Waals surface area contributed by atoms with Gasteiger partial charge in [0.2, 0.25) is 11.9 Å². The minimum atomic E-state index is -0.524. The summed E-state index contributed by atoms with van der Waals surface area (Å²) in [6.45, 7) is 4.06. The van der Waals surface area contributed by atoms with Gasteiger partial charge in [-0.1, -0.05) is 26.2 Å². The number of fused-ring (bicyclic) bond motifs is 1. The summed E-state index contributed by atoms with van der Waals surface area (Å²) in [6.07, 6.45) is 4.11. The van der Waals surface area contributed by atoms with Crippen molar-refractivity contribution >= 4 is 23.0 Å². The summed E-state index contributed by atoms with van der Waals surface area (Å²) in [4.78, 5) is 41.5. The molecule has 0 saturated heterocycles. The number of hydrogen-bond donors (Lipinski definition) is 3. The van der Waals surface area contributed by atoms with Crippen LogP contribution in [0.5, 0.6) is 0 Å². The summed E-state index contributed by atoms with van der Waals surface area (Å²) < 4.78 is 2.97. The quantitative estimate of drug-likeness (QED) is 0.506. The molecule has 9 heteroatoms. The molecule has 9 nitrogen and oxygen atoms in total. The molecule has 0 atom stereocenters. The standard InChI is InChI=1S/C14H22N6O3/c1-4-5-6-7-8-20-10-11(15-13(20)18-17-9(2)21)19(3)14(23)16-12(10)22/h4-8H2,1-3H3,(H,15,18)(H,17,21)(H,16,22,23). The molecule has 0 fully saturated rings. The fraction of sp³-hybridized carbons (Fsp3) is 0.571. The molecule has 1 amide bonds. The number of hydrogen-bond acceptors (Lipinski definition) is 5. The zero-order valence-electron chi connectivity index (χ0n) is 13.6. The van der Waals surface area contributed by atoms with Crippen LogP contribution in [0.15, 0.2) is 9.59 Å². The lowest BCUT2D eigenvalue weighted by atomic mass is 10.2. The second kappa shape index (κ2) is 7.12. The highest BCUT2D eigenvalue weighted by molar-refractivity contribution is 5.77. The third-order valence-electron chi connectivity index (χ3n) is 3.59. The number of carbonyl (C=O) groups excluding carboxylic acids is 1. The van der Waals surface area contributed by atoms with Gasteiger partial charge in [0.15, 0.2) is 11.2 Å². The summed E-state index contributed by atoms with van der Waals surface area (Å²) >= 11 is 0. The molecule has 2 aromatic heterocycles. The third kappa shape index (κ3) is 3.61.